The summed E-state index contributed by atoms with van der Waals surface area (Å²) in [5.41, 5.74) is 1.57. The molecule has 2 N–H and O–H groups in total. The van der Waals surface area contributed by atoms with Gasteiger partial charge in [0.05, 0.1) is 10.9 Å². The van der Waals surface area contributed by atoms with Crippen LogP contribution in [0.3, 0.4) is 0 Å². The Bertz CT molecular complexity index is 513. The first kappa shape index (κ1) is 14.5. The number of rotatable bonds is 4. The quantitative estimate of drug-likeness (QED) is 0.864. The average molecular weight is 287 g/mol. The molecule has 1 aliphatic heterocycles. The lowest BCUT2D eigenvalue weighted by Gasteiger charge is -2.24. The lowest BCUT2D eigenvalue weighted by atomic mass is 10.1. The van der Waals surface area contributed by atoms with Crippen molar-refractivity contribution in [2.75, 3.05) is 13.1 Å². The highest BCUT2D eigenvalue weighted by atomic mass is 32.2. The molecule has 1 saturated heterocycles. The first-order chi connectivity index (χ1) is 8.92. The zero-order valence-corrected chi connectivity index (χ0v) is 12.4. The maximum Gasteiger partial charge on any atom is 0.215 e. The van der Waals surface area contributed by atoms with Gasteiger partial charge in [-0.25, -0.2) is 13.1 Å². The van der Waals surface area contributed by atoms with Crippen molar-refractivity contribution in [2.24, 2.45) is 0 Å². The van der Waals surface area contributed by atoms with Crippen molar-refractivity contribution in [3.63, 3.8) is 0 Å². The normalized spacial score (nSPS) is 19.5. The molecule has 0 aliphatic carbocycles. The Kier molecular flexibility index (Phi) is 4.27. The van der Waals surface area contributed by atoms with E-state index >= 15 is 0 Å². The van der Waals surface area contributed by atoms with Crippen molar-refractivity contribution < 1.29 is 12.9 Å². The molecule has 1 aromatic rings. The lowest BCUT2D eigenvalue weighted by Crippen LogP contribution is -2.42. The van der Waals surface area contributed by atoms with Gasteiger partial charge in [-0.05, 0) is 46.7 Å². The molecule has 0 radical (unpaired) electrons. The Hall–Kier alpha value is -0.920. The van der Waals surface area contributed by atoms with Crippen molar-refractivity contribution in [3.8, 4) is 0 Å². The Morgan fingerprint density at radius 1 is 1.37 bits per heavy atom. The van der Waals surface area contributed by atoms with Crippen molar-refractivity contribution in [3.05, 3.63) is 17.0 Å². The van der Waals surface area contributed by atoms with Crippen LogP contribution in [0.25, 0.3) is 0 Å². The fraction of sp³-hybridized carbons (Fsp3) is 0.750. The van der Waals surface area contributed by atoms with Crippen LogP contribution in [0.2, 0.25) is 0 Å². The maximum absolute atomic E-state index is 12.3. The largest absolute Gasteiger partial charge is 0.361 e. The van der Waals surface area contributed by atoms with Gasteiger partial charge in [0.25, 0.3) is 0 Å². The number of sulfonamides is 1. The predicted molar refractivity (Wildman–Crippen MR) is 72.3 cm³/mol. The summed E-state index contributed by atoms with van der Waals surface area (Å²) in [5, 5.41) is 6.72. The molecular weight excluding hydrogens is 266 g/mol. The molecule has 1 atom stereocenters. The van der Waals surface area contributed by atoms with Gasteiger partial charge in [0.15, 0.2) is 0 Å². The van der Waals surface area contributed by atoms with Gasteiger partial charge < -0.3 is 9.84 Å². The summed E-state index contributed by atoms with van der Waals surface area (Å²) in [7, 11) is -3.30. The van der Waals surface area contributed by atoms with E-state index in [9.17, 15) is 8.42 Å². The first-order valence-corrected chi connectivity index (χ1v) is 8.11. The van der Waals surface area contributed by atoms with Crippen molar-refractivity contribution in [2.45, 2.75) is 44.9 Å². The fourth-order valence-electron chi connectivity index (χ4n) is 2.62. The van der Waals surface area contributed by atoms with Crippen LogP contribution in [0, 0.1) is 13.8 Å². The molecular formula is C12H21N3O3S. The van der Waals surface area contributed by atoms with Gasteiger partial charge in [-0.2, -0.15) is 0 Å². The smallest absolute Gasteiger partial charge is 0.215 e. The molecule has 7 heteroatoms. The first-order valence-electron chi connectivity index (χ1n) is 6.56. The number of aromatic nitrogens is 1. The van der Waals surface area contributed by atoms with E-state index in [1.165, 1.54) is 0 Å². The molecule has 108 valence electrons. The van der Waals surface area contributed by atoms with Gasteiger partial charge in [-0.1, -0.05) is 5.16 Å². The van der Waals surface area contributed by atoms with Crippen LogP contribution in [0.4, 0.5) is 0 Å². The van der Waals surface area contributed by atoms with Gasteiger partial charge in [0.2, 0.25) is 10.0 Å². The van der Waals surface area contributed by atoms with E-state index in [0.29, 0.717) is 18.6 Å². The van der Waals surface area contributed by atoms with Gasteiger partial charge in [0, 0.05) is 11.6 Å². The van der Waals surface area contributed by atoms with Gasteiger partial charge in [0.1, 0.15) is 5.76 Å². The number of nitrogens with zero attached hydrogens (tertiary/aromatic N) is 1. The summed E-state index contributed by atoms with van der Waals surface area (Å²) in [4.78, 5) is 0. The van der Waals surface area contributed by atoms with E-state index in [1.807, 2.05) is 13.8 Å². The van der Waals surface area contributed by atoms with Gasteiger partial charge >= 0.3 is 0 Å². The Balaban J connectivity index is 2.11. The van der Waals surface area contributed by atoms with E-state index in [-0.39, 0.29) is 11.3 Å². The summed E-state index contributed by atoms with van der Waals surface area (Å²) in [6.45, 7) is 6.95. The zero-order chi connectivity index (χ0) is 14.0. The van der Waals surface area contributed by atoms with Crippen LogP contribution in [0.15, 0.2) is 4.52 Å². The molecule has 1 aromatic heterocycles. The topological polar surface area (TPSA) is 84.2 Å². The number of aryl methyl sites for hydroxylation is 2. The van der Waals surface area contributed by atoms with Crippen LogP contribution in [-0.2, 0) is 10.0 Å². The van der Waals surface area contributed by atoms with Crippen molar-refractivity contribution >= 4 is 10.0 Å². The molecule has 19 heavy (non-hydrogen) atoms. The van der Waals surface area contributed by atoms with Crippen LogP contribution >= 0.6 is 0 Å². The molecule has 1 fully saturated rings. The Morgan fingerprint density at radius 3 is 2.53 bits per heavy atom. The third kappa shape index (κ3) is 3.16. The molecule has 1 aliphatic rings. The number of hydrogen-bond donors (Lipinski definition) is 2. The van der Waals surface area contributed by atoms with E-state index in [0.717, 1.165) is 24.3 Å². The minimum absolute atomic E-state index is 0.309. The monoisotopic (exact) mass is 287 g/mol. The highest BCUT2D eigenvalue weighted by Crippen LogP contribution is 2.23. The minimum Gasteiger partial charge on any atom is -0.361 e. The molecule has 2 rings (SSSR count). The highest BCUT2D eigenvalue weighted by Gasteiger charge is 2.30. The van der Waals surface area contributed by atoms with E-state index in [4.69, 9.17) is 4.52 Å². The standard InChI is InChI=1S/C12H21N3O3S/c1-8-12(10(3)18-14-8)9(2)15-19(16,17)11-4-6-13-7-5-11/h9,11,13,15H,4-7H2,1-3H3. The second kappa shape index (κ2) is 5.60. The Morgan fingerprint density at radius 2 is 2.00 bits per heavy atom. The molecule has 2 heterocycles. The second-order valence-electron chi connectivity index (χ2n) is 5.07. The van der Waals surface area contributed by atoms with E-state index in [2.05, 4.69) is 15.2 Å². The summed E-state index contributed by atoms with van der Waals surface area (Å²) in [5.74, 6) is 0.665. The molecule has 1 unspecified atom stereocenters. The van der Waals surface area contributed by atoms with Crippen LogP contribution in [0.5, 0.6) is 0 Å². The molecule has 0 aromatic carbocycles. The Labute approximate surface area is 114 Å². The molecule has 6 nitrogen and oxygen atoms in total. The highest BCUT2D eigenvalue weighted by molar-refractivity contribution is 7.90. The van der Waals surface area contributed by atoms with Crippen LogP contribution in [-0.4, -0.2) is 31.9 Å². The molecule has 0 bridgehead atoms. The summed E-state index contributed by atoms with van der Waals surface area (Å²) in [6.07, 6.45) is 1.31. The van der Waals surface area contributed by atoms with Crippen molar-refractivity contribution in [1.29, 1.82) is 0 Å². The van der Waals surface area contributed by atoms with Crippen molar-refractivity contribution in [1.82, 2.24) is 15.2 Å². The van der Waals surface area contributed by atoms with E-state index < -0.39 is 10.0 Å². The van der Waals surface area contributed by atoms with Gasteiger partial charge in [-0.15, -0.1) is 0 Å². The second-order valence-corrected chi connectivity index (χ2v) is 7.06. The third-order valence-electron chi connectivity index (χ3n) is 3.59. The number of piperidine rings is 1. The molecule has 0 spiro atoms. The van der Waals surface area contributed by atoms with E-state index in [1.54, 1.807) is 6.92 Å². The van der Waals surface area contributed by atoms with Crippen LogP contribution in [0.1, 0.15) is 42.8 Å². The zero-order valence-electron chi connectivity index (χ0n) is 11.6. The number of hydrogen-bond acceptors (Lipinski definition) is 5. The summed E-state index contributed by atoms with van der Waals surface area (Å²) in [6, 6.07) is -0.314. The number of nitrogens with one attached hydrogen (secondary N) is 2. The van der Waals surface area contributed by atoms with Crippen LogP contribution < -0.4 is 10.0 Å². The van der Waals surface area contributed by atoms with Gasteiger partial charge in [-0.3, -0.25) is 0 Å². The predicted octanol–water partition coefficient (Wildman–Crippen LogP) is 1.02. The summed E-state index contributed by atoms with van der Waals surface area (Å²) >= 11 is 0. The maximum atomic E-state index is 12.3. The average Bonchev–Trinajstić information content (AvgIpc) is 2.69. The fourth-order valence-corrected chi connectivity index (χ4v) is 4.27. The molecule has 0 amide bonds. The minimum atomic E-state index is -3.30. The molecule has 0 saturated carbocycles. The lowest BCUT2D eigenvalue weighted by molar-refractivity contribution is 0.391. The SMILES string of the molecule is Cc1noc(C)c1C(C)NS(=O)(=O)C1CCNCC1. The third-order valence-corrected chi connectivity index (χ3v) is 5.62. The summed E-state index contributed by atoms with van der Waals surface area (Å²) < 4.78 is 32.5.